The Labute approximate surface area is 104 Å². The Balaban J connectivity index is 2.31. The molecule has 0 aliphatic rings. The Morgan fingerprint density at radius 1 is 1.41 bits per heavy atom. The number of hydrogen-bond acceptors (Lipinski definition) is 3. The van der Waals surface area contributed by atoms with Gasteiger partial charge in [0, 0.05) is 19.3 Å². The molecule has 0 saturated carbocycles. The lowest BCUT2D eigenvalue weighted by Gasteiger charge is -2.22. The van der Waals surface area contributed by atoms with E-state index in [1.165, 1.54) is 5.56 Å². The topological polar surface area (TPSA) is 45.2 Å². The molecule has 1 unspecified atom stereocenters. The first kappa shape index (κ1) is 14.1. The van der Waals surface area contributed by atoms with Crippen molar-refractivity contribution in [2.24, 2.45) is 5.41 Å². The van der Waals surface area contributed by atoms with Crippen LogP contribution in [-0.4, -0.2) is 22.7 Å². The minimum atomic E-state index is -0.293. The van der Waals surface area contributed by atoms with E-state index in [4.69, 9.17) is 0 Å². The van der Waals surface area contributed by atoms with Crippen LogP contribution < -0.4 is 5.32 Å². The lowest BCUT2D eigenvalue weighted by Crippen LogP contribution is -2.30. The average molecular weight is 236 g/mol. The van der Waals surface area contributed by atoms with Crippen molar-refractivity contribution in [2.45, 2.75) is 46.8 Å². The quantitative estimate of drug-likeness (QED) is 0.824. The molecule has 3 heteroatoms. The molecule has 1 heterocycles. The van der Waals surface area contributed by atoms with Crippen LogP contribution in [0, 0.1) is 12.3 Å². The van der Waals surface area contributed by atoms with Crippen molar-refractivity contribution in [1.82, 2.24) is 10.3 Å². The molecular weight excluding hydrogens is 212 g/mol. The summed E-state index contributed by atoms with van der Waals surface area (Å²) in [7, 11) is 0. The lowest BCUT2D eigenvalue weighted by atomic mass is 9.89. The second-order valence-electron chi connectivity index (χ2n) is 5.82. The van der Waals surface area contributed by atoms with Crippen LogP contribution in [-0.2, 0) is 6.54 Å². The van der Waals surface area contributed by atoms with Gasteiger partial charge in [-0.2, -0.15) is 0 Å². The lowest BCUT2D eigenvalue weighted by molar-refractivity contribution is 0.119. The zero-order valence-electron chi connectivity index (χ0n) is 11.3. The van der Waals surface area contributed by atoms with E-state index in [1.807, 2.05) is 6.07 Å². The number of pyridine rings is 1. The third-order valence-electron chi connectivity index (χ3n) is 2.64. The van der Waals surface area contributed by atoms with E-state index < -0.39 is 0 Å². The van der Waals surface area contributed by atoms with E-state index in [0.29, 0.717) is 13.1 Å². The van der Waals surface area contributed by atoms with E-state index in [9.17, 15) is 5.11 Å². The molecule has 0 spiro atoms. The average Bonchev–Trinajstić information content (AvgIpc) is 2.18. The molecule has 0 aliphatic heterocycles. The summed E-state index contributed by atoms with van der Waals surface area (Å²) in [6.45, 7) is 9.80. The first-order valence-corrected chi connectivity index (χ1v) is 6.18. The Hall–Kier alpha value is -0.930. The molecule has 1 aromatic rings. The Morgan fingerprint density at radius 3 is 2.71 bits per heavy atom. The van der Waals surface area contributed by atoms with Gasteiger partial charge < -0.3 is 10.4 Å². The fourth-order valence-electron chi connectivity index (χ4n) is 1.84. The molecule has 3 nitrogen and oxygen atoms in total. The number of rotatable bonds is 5. The van der Waals surface area contributed by atoms with E-state index in [-0.39, 0.29) is 11.5 Å². The van der Waals surface area contributed by atoms with Gasteiger partial charge in [-0.1, -0.05) is 26.8 Å². The summed E-state index contributed by atoms with van der Waals surface area (Å²) in [5.41, 5.74) is 2.41. The zero-order valence-corrected chi connectivity index (χ0v) is 11.3. The van der Waals surface area contributed by atoms with Gasteiger partial charge in [0.25, 0.3) is 0 Å². The van der Waals surface area contributed by atoms with Crippen molar-refractivity contribution in [2.75, 3.05) is 6.54 Å². The van der Waals surface area contributed by atoms with Crippen molar-refractivity contribution in [1.29, 1.82) is 0 Å². The number of aryl methyl sites for hydroxylation is 1. The number of aliphatic hydroxyl groups excluding tert-OH is 1. The Morgan fingerprint density at radius 2 is 2.12 bits per heavy atom. The van der Waals surface area contributed by atoms with Crippen molar-refractivity contribution in [3.05, 3.63) is 29.6 Å². The highest BCUT2D eigenvalue weighted by molar-refractivity contribution is 5.17. The summed E-state index contributed by atoms with van der Waals surface area (Å²) in [5, 5.41) is 13.1. The van der Waals surface area contributed by atoms with Crippen molar-refractivity contribution in [3.8, 4) is 0 Å². The van der Waals surface area contributed by atoms with E-state index >= 15 is 0 Å². The number of nitrogens with one attached hydrogen (secondary N) is 1. The van der Waals surface area contributed by atoms with Gasteiger partial charge in [0.2, 0.25) is 0 Å². The summed E-state index contributed by atoms with van der Waals surface area (Å²) in [6, 6.07) is 3.99. The predicted octanol–water partition coefficient (Wildman–Crippen LogP) is 2.28. The minimum Gasteiger partial charge on any atom is -0.392 e. The largest absolute Gasteiger partial charge is 0.392 e. The summed E-state index contributed by atoms with van der Waals surface area (Å²) in [6.07, 6.45) is 2.32. The molecule has 96 valence electrons. The zero-order chi connectivity index (χ0) is 12.9. The van der Waals surface area contributed by atoms with Crippen molar-refractivity contribution < 1.29 is 5.11 Å². The summed E-state index contributed by atoms with van der Waals surface area (Å²) >= 11 is 0. The van der Waals surface area contributed by atoms with Gasteiger partial charge in [-0.05, 0) is 30.4 Å². The molecule has 1 rings (SSSR count). The number of nitrogens with zero attached hydrogens (tertiary/aromatic N) is 1. The highest BCUT2D eigenvalue weighted by Crippen LogP contribution is 2.20. The molecule has 0 bridgehead atoms. The van der Waals surface area contributed by atoms with Gasteiger partial charge in [-0.25, -0.2) is 0 Å². The van der Waals surface area contributed by atoms with Crippen LogP contribution in [0.2, 0.25) is 0 Å². The third kappa shape index (κ3) is 5.80. The summed E-state index contributed by atoms with van der Waals surface area (Å²) < 4.78 is 0. The van der Waals surface area contributed by atoms with Crippen LogP contribution in [0.25, 0.3) is 0 Å². The molecule has 0 radical (unpaired) electrons. The maximum absolute atomic E-state index is 9.85. The van der Waals surface area contributed by atoms with E-state index in [1.54, 1.807) is 6.20 Å². The van der Waals surface area contributed by atoms with Crippen molar-refractivity contribution >= 4 is 0 Å². The molecule has 0 amide bonds. The predicted molar refractivity (Wildman–Crippen MR) is 70.8 cm³/mol. The SMILES string of the molecule is Cc1cccnc1CNCC(O)CC(C)(C)C. The minimum absolute atomic E-state index is 0.169. The second-order valence-corrected chi connectivity index (χ2v) is 5.82. The molecular formula is C14H24N2O. The molecule has 2 N–H and O–H groups in total. The molecule has 1 atom stereocenters. The maximum Gasteiger partial charge on any atom is 0.0669 e. The molecule has 0 aromatic carbocycles. The van der Waals surface area contributed by atoms with Crippen molar-refractivity contribution in [3.63, 3.8) is 0 Å². The van der Waals surface area contributed by atoms with Crippen LogP contribution in [0.5, 0.6) is 0 Å². The van der Waals surface area contributed by atoms with Crippen LogP contribution in [0.1, 0.15) is 38.4 Å². The van der Waals surface area contributed by atoms with Crippen LogP contribution in [0.4, 0.5) is 0 Å². The van der Waals surface area contributed by atoms with Crippen LogP contribution in [0.15, 0.2) is 18.3 Å². The van der Waals surface area contributed by atoms with Gasteiger partial charge in [-0.3, -0.25) is 4.98 Å². The number of aromatic nitrogens is 1. The molecule has 0 aliphatic carbocycles. The normalized spacial score (nSPS) is 13.7. The molecule has 0 saturated heterocycles. The highest BCUT2D eigenvalue weighted by atomic mass is 16.3. The van der Waals surface area contributed by atoms with Crippen LogP contribution in [0.3, 0.4) is 0 Å². The highest BCUT2D eigenvalue weighted by Gasteiger charge is 2.16. The number of aliphatic hydroxyl groups is 1. The van der Waals surface area contributed by atoms with Gasteiger partial charge >= 0.3 is 0 Å². The van der Waals surface area contributed by atoms with Gasteiger partial charge in [0.05, 0.1) is 11.8 Å². The first-order chi connectivity index (χ1) is 7.88. The molecule has 1 aromatic heterocycles. The van der Waals surface area contributed by atoms with Gasteiger partial charge in [0.1, 0.15) is 0 Å². The Bertz CT molecular complexity index is 344. The maximum atomic E-state index is 9.85. The van der Waals surface area contributed by atoms with E-state index in [0.717, 1.165) is 12.1 Å². The van der Waals surface area contributed by atoms with Crippen LogP contribution >= 0.6 is 0 Å². The summed E-state index contributed by atoms with van der Waals surface area (Å²) in [4.78, 5) is 4.31. The first-order valence-electron chi connectivity index (χ1n) is 6.18. The Kier molecular flexibility index (Phi) is 5.09. The fourth-order valence-corrected chi connectivity index (χ4v) is 1.84. The van der Waals surface area contributed by atoms with Gasteiger partial charge in [0.15, 0.2) is 0 Å². The third-order valence-corrected chi connectivity index (χ3v) is 2.64. The fraction of sp³-hybridized carbons (Fsp3) is 0.643. The molecule has 17 heavy (non-hydrogen) atoms. The smallest absolute Gasteiger partial charge is 0.0669 e. The number of hydrogen-bond donors (Lipinski definition) is 2. The second kappa shape index (κ2) is 6.12. The summed E-state index contributed by atoms with van der Waals surface area (Å²) in [5.74, 6) is 0. The van der Waals surface area contributed by atoms with E-state index in [2.05, 4.69) is 44.1 Å². The standard InChI is InChI=1S/C14H24N2O/c1-11-6-5-7-16-13(11)10-15-9-12(17)8-14(2,3)4/h5-7,12,15,17H,8-10H2,1-4H3. The van der Waals surface area contributed by atoms with Gasteiger partial charge in [-0.15, -0.1) is 0 Å². The monoisotopic (exact) mass is 236 g/mol. The molecule has 0 fully saturated rings.